The molecule has 0 N–H and O–H groups in total. The Balaban J connectivity index is 1.89. The Hall–Kier alpha value is -2.27. The maximum atomic E-state index is 13.6. The van der Waals surface area contributed by atoms with Gasteiger partial charge >= 0.3 is 5.97 Å². The van der Waals surface area contributed by atoms with Crippen LogP contribution in [0, 0.1) is 13.8 Å². The number of rotatable bonds is 7. The smallest absolute Gasteiger partial charge is 0.339 e. The van der Waals surface area contributed by atoms with Gasteiger partial charge in [0, 0.05) is 12.0 Å². The number of alkyl halides is 2. The summed E-state index contributed by atoms with van der Waals surface area (Å²) in [7, 11) is 1.27. The summed E-state index contributed by atoms with van der Waals surface area (Å²) in [4.78, 5) is 12.7. The van der Waals surface area contributed by atoms with Gasteiger partial charge in [-0.15, -0.1) is 0 Å². The topological polar surface area (TPSA) is 35.5 Å². The lowest BCUT2D eigenvalue weighted by Crippen LogP contribution is -2.22. The van der Waals surface area contributed by atoms with Crippen LogP contribution < -0.4 is 0 Å². The van der Waals surface area contributed by atoms with Gasteiger partial charge < -0.3 is 9.47 Å². The van der Waals surface area contributed by atoms with Gasteiger partial charge in [0.15, 0.2) is 6.10 Å². The molecule has 0 saturated heterocycles. The molecule has 2 aliphatic carbocycles. The quantitative estimate of drug-likeness (QED) is 0.518. The minimum atomic E-state index is -2.88. The van der Waals surface area contributed by atoms with Crippen molar-refractivity contribution in [2.45, 2.75) is 70.5 Å². The number of carbonyl (C=O) groups excluding carboxylic acids is 1. The Morgan fingerprint density at radius 2 is 1.83 bits per heavy atom. The first-order chi connectivity index (χ1) is 14.3. The van der Waals surface area contributed by atoms with Crippen molar-refractivity contribution in [3.05, 3.63) is 58.1 Å². The molecule has 4 rings (SSSR count). The van der Waals surface area contributed by atoms with E-state index >= 15 is 0 Å². The van der Waals surface area contributed by atoms with Gasteiger partial charge in [-0.05, 0) is 72.4 Å². The first-order valence-corrected chi connectivity index (χ1v) is 10.6. The standard InChI is InChI=1S/C25H28F2O3/c1-5-16-12-18(8-6-14(16)2)22-19(17-9-10-17)11-7-15(3)21(22)23(24(28)29-4)30-20-13-25(20,26)27/h6-8,11-12,17,20,23H,5,9-10,13H2,1-4H3. The maximum absolute atomic E-state index is 13.6. The third-order valence-electron chi connectivity index (χ3n) is 6.28. The Labute approximate surface area is 176 Å². The molecule has 30 heavy (non-hydrogen) atoms. The number of aryl methyl sites for hydroxylation is 3. The second-order valence-electron chi connectivity index (χ2n) is 8.52. The van der Waals surface area contributed by atoms with E-state index in [1.54, 1.807) is 0 Å². The molecule has 0 amide bonds. The molecule has 2 unspecified atom stereocenters. The number of halogens is 2. The Bertz CT molecular complexity index is 979. The van der Waals surface area contributed by atoms with Gasteiger partial charge in [0.2, 0.25) is 0 Å². The van der Waals surface area contributed by atoms with E-state index in [-0.39, 0.29) is 6.42 Å². The summed E-state index contributed by atoms with van der Waals surface area (Å²) in [5.41, 5.74) is 7.02. The number of hydrogen-bond donors (Lipinski definition) is 0. The molecule has 0 radical (unpaired) electrons. The minimum absolute atomic E-state index is 0.359. The van der Waals surface area contributed by atoms with Crippen molar-refractivity contribution in [1.82, 2.24) is 0 Å². The fourth-order valence-corrected chi connectivity index (χ4v) is 4.19. The molecule has 0 bridgehead atoms. The number of benzene rings is 2. The molecule has 0 aliphatic heterocycles. The SMILES string of the molecule is CCc1cc(-c2c(C3CC3)ccc(C)c2C(OC2CC2(F)F)C(=O)OC)ccc1C. The molecular formula is C25H28F2O3. The average Bonchev–Trinajstić information content (AvgIpc) is 3.64. The fraction of sp³-hybridized carbons (Fsp3) is 0.480. The van der Waals surface area contributed by atoms with Crippen LogP contribution in [0.25, 0.3) is 11.1 Å². The van der Waals surface area contributed by atoms with Gasteiger partial charge in [-0.25, -0.2) is 13.6 Å². The second kappa shape index (κ2) is 7.77. The van der Waals surface area contributed by atoms with Crippen molar-refractivity contribution in [1.29, 1.82) is 0 Å². The molecule has 2 atom stereocenters. The van der Waals surface area contributed by atoms with Gasteiger partial charge in [0.25, 0.3) is 5.92 Å². The molecule has 2 fully saturated rings. The highest BCUT2D eigenvalue weighted by molar-refractivity contribution is 5.84. The van der Waals surface area contributed by atoms with Crippen LogP contribution in [0.15, 0.2) is 30.3 Å². The predicted octanol–water partition coefficient (Wildman–Crippen LogP) is 6.05. The van der Waals surface area contributed by atoms with Crippen LogP contribution in [-0.2, 0) is 20.7 Å². The number of ether oxygens (including phenoxy) is 2. The molecular weight excluding hydrogens is 386 g/mol. The van der Waals surface area contributed by atoms with E-state index < -0.39 is 24.1 Å². The largest absolute Gasteiger partial charge is 0.467 e. The summed E-state index contributed by atoms with van der Waals surface area (Å²) in [6.45, 7) is 6.09. The van der Waals surface area contributed by atoms with E-state index in [1.807, 2.05) is 13.0 Å². The Kier molecular flexibility index (Phi) is 5.43. The molecule has 2 aliphatic rings. The summed E-state index contributed by atoms with van der Waals surface area (Å²) in [5, 5.41) is 0. The number of carbonyl (C=O) groups is 1. The third-order valence-corrected chi connectivity index (χ3v) is 6.28. The highest BCUT2D eigenvalue weighted by Crippen LogP contribution is 2.51. The van der Waals surface area contributed by atoms with Crippen molar-refractivity contribution in [3.8, 4) is 11.1 Å². The monoisotopic (exact) mass is 414 g/mol. The van der Waals surface area contributed by atoms with Crippen molar-refractivity contribution >= 4 is 5.97 Å². The van der Waals surface area contributed by atoms with Crippen LogP contribution in [0.3, 0.4) is 0 Å². The zero-order valence-corrected chi connectivity index (χ0v) is 17.9. The van der Waals surface area contributed by atoms with Crippen molar-refractivity contribution < 1.29 is 23.0 Å². The number of esters is 1. The van der Waals surface area contributed by atoms with Gasteiger partial charge in [-0.3, -0.25) is 0 Å². The van der Waals surface area contributed by atoms with Gasteiger partial charge in [-0.2, -0.15) is 0 Å². The minimum Gasteiger partial charge on any atom is -0.467 e. The van der Waals surface area contributed by atoms with Crippen molar-refractivity contribution in [2.24, 2.45) is 0 Å². The Morgan fingerprint density at radius 3 is 2.40 bits per heavy atom. The molecule has 5 heteroatoms. The molecule has 2 aromatic rings. The molecule has 160 valence electrons. The van der Waals surface area contributed by atoms with Gasteiger partial charge in [0.05, 0.1) is 7.11 Å². The highest BCUT2D eigenvalue weighted by Gasteiger charge is 2.60. The molecule has 0 heterocycles. The Morgan fingerprint density at radius 1 is 1.17 bits per heavy atom. The van der Waals surface area contributed by atoms with Crippen LogP contribution >= 0.6 is 0 Å². The summed E-state index contributed by atoms with van der Waals surface area (Å²) < 4.78 is 37.9. The summed E-state index contributed by atoms with van der Waals surface area (Å²) in [5.74, 6) is -3.10. The van der Waals surface area contributed by atoms with E-state index in [9.17, 15) is 13.6 Å². The molecule has 0 spiro atoms. The summed E-state index contributed by atoms with van der Waals surface area (Å²) in [6, 6.07) is 10.4. The number of hydrogen-bond acceptors (Lipinski definition) is 3. The average molecular weight is 414 g/mol. The van der Waals surface area contributed by atoms with Crippen LogP contribution in [-0.4, -0.2) is 25.1 Å². The van der Waals surface area contributed by atoms with Crippen LogP contribution in [0.2, 0.25) is 0 Å². The fourth-order valence-electron chi connectivity index (χ4n) is 4.19. The van der Waals surface area contributed by atoms with Gasteiger partial charge in [-0.1, -0.05) is 37.3 Å². The van der Waals surface area contributed by atoms with E-state index in [4.69, 9.17) is 9.47 Å². The van der Waals surface area contributed by atoms with Gasteiger partial charge in [0.1, 0.15) is 6.10 Å². The van der Waals surface area contributed by atoms with E-state index in [1.165, 1.54) is 18.2 Å². The van der Waals surface area contributed by atoms with Crippen molar-refractivity contribution in [3.63, 3.8) is 0 Å². The lowest BCUT2D eigenvalue weighted by atomic mass is 9.85. The molecule has 0 aromatic heterocycles. The predicted molar refractivity (Wildman–Crippen MR) is 112 cm³/mol. The maximum Gasteiger partial charge on any atom is 0.339 e. The lowest BCUT2D eigenvalue weighted by molar-refractivity contribution is -0.157. The third kappa shape index (κ3) is 3.87. The van der Waals surface area contributed by atoms with E-state index in [2.05, 4.69) is 38.1 Å². The molecule has 3 nitrogen and oxygen atoms in total. The normalized spacial score (nSPS) is 20.7. The number of methoxy groups -OCH3 is 1. The van der Waals surface area contributed by atoms with Crippen LogP contribution in [0.5, 0.6) is 0 Å². The molecule has 2 aromatic carbocycles. The first-order valence-electron chi connectivity index (χ1n) is 10.6. The highest BCUT2D eigenvalue weighted by atomic mass is 19.3. The zero-order valence-electron chi connectivity index (χ0n) is 17.9. The first kappa shape index (κ1) is 21.0. The second-order valence-corrected chi connectivity index (χ2v) is 8.52. The van der Waals surface area contributed by atoms with E-state index in [0.29, 0.717) is 11.5 Å². The van der Waals surface area contributed by atoms with Crippen LogP contribution in [0.1, 0.15) is 66.0 Å². The van der Waals surface area contributed by atoms with E-state index in [0.717, 1.165) is 41.5 Å². The lowest BCUT2D eigenvalue weighted by Gasteiger charge is -2.24. The van der Waals surface area contributed by atoms with Crippen molar-refractivity contribution in [2.75, 3.05) is 7.11 Å². The summed E-state index contributed by atoms with van der Waals surface area (Å²) >= 11 is 0. The summed E-state index contributed by atoms with van der Waals surface area (Å²) in [6.07, 6.45) is 0.293. The zero-order chi connectivity index (χ0) is 21.6. The molecule has 2 saturated carbocycles. The van der Waals surface area contributed by atoms with Crippen LogP contribution in [0.4, 0.5) is 8.78 Å².